The third-order valence-electron chi connectivity index (χ3n) is 3.04. The lowest BCUT2D eigenvalue weighted by atomic mass is 9.75. The van der Waals surface area contributed by atoms with Gasteiger partial charge in [-0.05, 0) is 43.2 Å². The maximum Gasteiger partial charge on any atom is 0.0105 e. The molecule has 0 heterocycles. The smallest absolute Gasteiger partial charge is 0.0105 e. The fraction of sp³-hybridized carbons (Fsp3) is 0.600. The van der Waals surface area contributed by atoms with Gasteiger partial charge in [0.1, 0.15) is 0 Å². The van der Waals surface area contributed by atoms with Crippen LogP contribution >= 0.6 is 0 Å². The first kappa shape index (κ1) is 13.2. The van der Waals surface area contributed by atoms with E-state index in [-0.39, 0.29) is 11.0 Å². The lowest BCUT2D eigenvalue weighted by molar-refractivity contribution is 0.350. The van der Waals surface area contributed by atoms with E-state index in [4.69, 9.17) is 5.73 Å². The van der Waals surface area contributed by atoms with Gasteiger partial charge in [0, 0.05) is 5.54 Å². The van der Waals surface area contributed by atoms with E-state index in [9.17, 15) is 0 Å². The van der Waals surface area contributed by atoms with Crippen LogP contribution in [0.1, 0.15) is 52.2 Å². The Balaban J connectivity index is 2.89. The molecule has 0 atom stereocenters. The largest absolute Gasteiger partial charge is 0.326 e. The van der Waals surface area contributed by atoms with Crippen LogP contribution in [0.25, 0.3) is 0 Å². The van der Waals surface area contributed by atoms with Crippen LogP contribution in [-0.4, -0.2) is 5.54 Å². The molecule has 0 saturated heterocycles. The summed E-state index contributed by atoms with van der Waals surface area (Å²) < 4.78 is 0. The zero-order valence-corrected chi connectivity index (χ0v) is 11.3. The molecule has 0 fully saturated rings. The van der Waals surface area contributed by atoms with Crippen LogP contribution in [-0.2, 0) is 11.8 Å². The Morgan fingerprint density at radius 2 is 1.50 bits per heavy atom. The molecule has 0 radical (unpaired) electrons. The van der Waals surface area contributed by atoms with Crippen molar-refractivity contribution in [2.45, 2.75) is 58.4 Å². The molecule has 1 nitrogen and oxygen atoms in total. The summed E-state index contributed by atoms with van der Waals surface area (Å²) in [5, 5.41) is 0. The molecule has 90 valence electrons. The maximum atomic E-state index is 6.11. The van der Waals surface area contributed by atoms with Gasteiger partial charge in [0.25, 0.3) is 0 Å². The van der Waals surface area contributed by atoms with E-state index in [1.165, 1.54) is 11.1 Å². The lowest BCUT2D eigenvalue weighted by Gasteiger charge is -2.33. The molecule has 16 heavy (non-hydrogen) atoms. The van der Waals surface area contributed by atoms with Crippen molar-refractivity contribution in [1.82, 2.24) is 0 Å². The first-order chi connectivity index (χ1) is 7.24. The highest BCUT2D eigenvalue weighted by atomic mass is 14.7. The second-order valence-electron chi connectivity index (χ2n) is 6.10. The number of nitrogens with two attached hydrogens (primary N) is 1. The highest BCUT2D eigenvalue weighted by molar-refractivity contribution is 5.28. The standard InChI is InChI=1S/C15H25N/c1-6-12-7-9-13(10-8-12)14(2,3)11-15(4,5)16/h7-10H,6,11,16H2,1-5H3. The highest BCUT2D eigenvalue weighted by Crippen LogP contribution is 2.31. The van der Waals surface area contributed by atoms with Gasteiger partial charge in [-0.25, -0.2) is 0 Å². The molecule has 0 aliphatic rings. The number of rotatable bonds is 4. The lowest BCUT2D eigenvalue weighted by Crippen LogP contribution is -2.39. The number of aryl methyl sites for hydroxylation is 1. The first-order valence-corrected chi connectivity index (χ1v) is 6.13. The predicted octanol–water partition coefficient (Wildman–Crippen LogP) is 3.65. The van der Waals surface area contributed by atoms with Crippen LogP contribution in [0, 0.1) is 0 Å². The van der Waals surface area contributed by atoms with Crippen LogP contribution < -0.4 is 5.73 Å². The Bertz CT molecular complexity index is 327. The van der Waals surface area contributed by atoms with E-state index >= 15 is 0 Å². The van der Waals surface area contributed by atoms with Gasteiger partial charge in [-0.2, -0.15) is 0 Å². The fourth-order valence-corrected chi connectivity index (χ4v) is 2.43. The SMILES string of the molecule is CCc1ccc(C(C)(C)CC(C)(C)N)cc1. The molecule has 0 amide bonds. The number of hydrogen-bond acceptors (Lipinski definition) is 1. The Morgan fingerprint density at radius 3 is 1.88 bits per heavy atom. The van der Waals surface area contributed by atoms with Gasteiger partial charge < -0.3 is 5.73 Å². The van der Waals surface area contributed by atoms with Crippen molar-refractivity contribution in [3.63, 3.8) is 0 Å². The highest BCUT2D eigenvalue weighted by Gasteiger charge is 2.27. The summed E-state index contributed by atoms with van der Waals surface area (Å²) in [6.45, 7) is 10.9. The molecule has 0 unspecified atom stereocenters. The monoisotopic (exact) mass is 219 g/mol. The van der Waals surface area contributed by atoms with E-state index in [0.717, 1.165) is 12.8 Å². The van der Waals surface area contributed by atoms with Crippen LogP contribution in [0.3, 0.4) is 0 Å². The van der Waals surface area contributed by atoms with E-state index in [1.54, 1.807) is 0 Å². The minimum absolute atomic E-state index is 0.118. The molecule has 1 aromatic rings. The predicted molar refractivity (Wildman–Crippen MR) is 71.7 cm³/mol. The summed E-state index contributed by atoms with van der Waals surface area (Å²) in [7, 11) is 0. The van der Waals surface area contributed by atoms with Crippen molar-refractivity contribution in [3.8, 4) is 0 Å². The van der Waals surface area contributed by atoms with Crippen LogP contribution in [0.15, 0.2) is 24.3 Å². The van der Waals surface area contributed by atoms with Gasteiger partial charge in [0.05, 0.1) is 0 Å². The Labute approximate surface area is 100 Å². The molecule has 0 spiro atoms. The molecule has 0 aliphatic heterocycles. The van der Waals surface area contributed by atoms with E-state index < -0.39 is 0 Å². The van der Waals surface area contributed by atoms with Crippen molar-refractivity contribution in [1.29, 1.82) is 0 Å². The Kier molecular flexibility index (Phi) is 3.80. The zero-order valence-electron chi connectivity index (χ0n) is 11.3. The van der Waals surface area contributed by atoms with Crippen molar-refractivity contribution < 1.29 is 0 Å². The third kappa shape index (κ3) is 3.64. The van der Waals surface area contributed by atoms with Gasteiger partial charge in [-0.3, -0.25) is 0 Å². The first-order valence-electron chi connectivity index (χ1n) is 6.13. The molecule has 2 N–H and O–H groups in total. The summed E-state index contributed by atoms with van der Waals surface area (Å²) in [6, 6.07) is 8.93. The Hall–Kier alpha value is -0.820. The fourth-order valence-electron chi connectivity index (χ4n) is 2.43. The van der Waals surface area contributed by atoms with Gasteiger partial charge in [-0.1, -0.05) is 45.0 Å². The molecule has 0 aromatic heterocycles. The molecule has 0 aliphatic carbocycles. The number of benzene rings is 1. The topological polar surface area (TPSA) is 26.0 Å². The number of hydrogen-bond donors (Lipinski definition) is 1. The summed E-state index contributed by atoms with van der Waals surface area (Å²) in [5.41, 5.74) is 8.91. The maximum absolute atomic E-state index is 6.11. The second-order valence-corrected chi connectivity index (χ2v) is 6.10. The van der Waals surface area contributed by atoms with Gasteiger partial charge in [0.15, 0.2) is 0 Å². The zero-order chi connectivity index (χ0) is 12.4. The second kappa shape index (κ2) is 4.58. The third-order valence-corrected chi connectivity index (χ3v) is 3.04. The Morgan fingerprint density at radius 1 is 1.00 bits per heavy atom. The van der Waals surface area contributed by atoms with Crippen molar-refractivity contribution in [3.05, 3.63) is 35.4 Å². The summed E-state index contributed by atoms with van der Waals surface area (Å²) in [4.78, 5) is 0. The van der Waals surface area contributed by atoms with Gasteiger partial charge in [-0.15, -0.1) is 0 Å². The average molecular weight is 219 g/mol. The molecule has 1 heteroatoms. The van der Waals surface area contributed by atoms with E-state index in [2.05, 4.69) is 58.9 Å². The summed E-state index contributed by atoms with van der Waals surface area (Å²) >= 11 is 0. The molecular weight excluding hydrogens is 194 g/mol. The molecule has 0 saturated carbocycles. The normalized spacial score (nSPS) is 12.9. The van der Waals surface area contributed by atoms with Crippen LogP contribution in [0.2, 0.25) is 0 Å². The van der Waals surface area contributed by atoms with Crippen LogP contribution in [0.4, 0.5) is 0 Å². The average Bonchev–Trinajstić information content (AvgIpc) is 2.14. The minimum Gasteiger partial charge on any atom is -0.326 e. The van der Waals surface area contributed by atoms with E-state index in [1.807, 2.05) is 0 Å². The summed E-state index contributed by atoms with van der Waals surface area (Å²) in [6.07, 6.45) is 2.09. The van der Waals surface area contributed by atoms with Gasteiger partial charge >= 0.3 is 0 Å². The quantitative estimate of drug-likeness (QED) is 0.822. The van der Waals surface area contributed by atoms with Crippen LogP contribution in [0.5, 0.6) is 0 Å². The molecule has 1 aromatic carbocycles. The van der Waals surface area contributed by atoms with Crippen molar-refractivity contribution in [2.75, 3.05) is 0 Å². The summed E-state index contributed by atoms with van der Waals surface area (Å²) in [5.74, 6) is 0. The minimum atomic E-state index is -0.118. The molecular formula is C15H25N. The van der Waals surface area contributed by atoms with Crippen molar-refractivity contribution >= 4 is 0 Å². The van der Waals surface area contributed by atoms with E-state index in [0.29, 0.717) is 0 Å². The van der Waals surface area contributed by atoms with Gasteiger partial charge in [0.2, 0.25) is 0 Å². The molecule has 1 rings (SSSR count). The van der Waals surface area contributed by atoms with Crippen molar-refractivity contribution in [2.24, 2.45) is 5.73 Å². The molecule has 0 bridgehead atoms.